The standard InChI is InChI=1S/C17H21BrN2O2/c18-14-7-4-8-15(11-14)20-17(22)12-16(21)19-10-9-13-5-2-1-3-6-13/h4-5,7-8,11H,1-3,6,9-10,12H2,(H,19,21)(H,20,22). The highest BCUT2D eigenvalue weighted by Gasteiger charge is 2.10. The molecule has 0 bridgehead atoms. The molecule has 1 aliphatic rings. The second-order valence-electron chi connectivity index (χ2n) is 5.44. The minimum atomic E-state index is -0.299. The highest BCUT2D eigenvalue weighted by molar-refractivity contribution is 9.10. The van der Waals surface area contributed by atoms with Gasteiger partial charge in [0.15, 0.2) is 0 Å². The number of amides is 2. The van der Waals surface area contributed by atoms with Crippen LogP contribution >= 0.6 is 15.9 Å². The number of anilines is 1. The summed E-state index contributed by atoms with van der Waals surface area (Å²) in [6.07, 6.45) is 7.82. The number of halogens is 1. The normalized spacial score (nSPS) is 14.1. The molecule has 1 aliphatic carbocycles. The average molecular weight is 365 g/mol. The lowest BCUT2D eigenvalue weighted by Crippen LogP contribution is -2.29. The molecule has 0 saturated heterocycles. The van der Waals surface area contributed by atoms with Crippen LogP contribution in [0.2, 0.25) is 0 Å². The predicted molar refractivity (Wildman–Crippen MR) is 91.6 cm³/mol. The molecule has 2 amide bonds. The fourth-order valence-electron chi connectivity index (χ4n) is 2.47. The van der Waals surface area contributed by atoms with E-state index in [4.69, 9.17) is 0 Å². The van der Waals surface area contributed by atoms with Crippen molar-refractivity contribution in [1.82, 2.24) is 5.32 Å². The molecular formula is C17H21BrN2O2. The van der Waals surface area contributed by atoms with Crippen LogP contribution < -0.4 is 10.6 Å². The zero-order chi connectivity index (χ0) is 15.8. The van der Waals surface area contributed by atoms with E-state index in [-0.39, 0.29) is 18.2 Å². The Labute approximate surface area is 139 Å². The molecule has 0 fully saturated rings. The first-order chi connectivity index (χ1) is 10.6. The van der Waals surface area contributed by atoms with E-state index in [1.54, 1.807) is 12.1 Å². The Bertz CT molecular complexity index is 570. The van der Waals surface area contributed by atoms with Gasteiger partial charge in [0.05, 0.1) is 0 Å². The molecule has 2 N–H and O–H groups in total. The molecule has 0 radical (unpaired) electrons. The maximum atomic E-state index is 11.8. The molecule has 0 heterocycles. The summed E-state index contributed by atoms with van der Waals surface area (Å²) in [5, 5.41) is 5.52. The van der Waals surface area contributed by atoms with E-state index in [0.717, 1.165) is 23.7 Å². The van der Waals surface area contributed by atoms with Gasteiger partial charge in [0.2, 0.25) is 11.8 Å². The average Bonchev–Trinajstić information content (AvgIpc) is 2.48. The van der Waals surface area contributed by atoms with Crippen LogP contribution in [0, 0.1) is 0 Å². The first-order valence-corrected chi connectivity index (χ1v) is 8.43. The number of hydrogen-bond donors (Lipinski definition) is 2. The molecule has 1 aromatic rings. The summed E-state index contributed by atoms with van der Waals surface area (Å²) in [7, 11) is 0. The van der Waals surface area contributed by atoms with E-state index >= 15 is 0 Å². The van der Waals surface area contributed by atoms with Gasteiger partial charge in [-0.3, -0.25) is 9.59 Å². The zero-order valence-electron chi connectivity index (χ0n) is 12.5. The maximum absolute atomic E-state index is 11.8. The zero-order valence-corrected chi connectivity index (χ0v) is 14.1. The van der Waals surface area contributed by atoms with E-state index in [2.05, 4.69) is 32.6 Å². The lowest BCUT2D eigenvalue weighted by atomic mass is 9.97. The van der Waals surface area contributed by atoms with E-state index in [0.29, 0.717) is 12.2 Å². The van der Waals surface area contributed by atoms with Gasteiger partial charge < -0.3 is 10.6 Å². The summed E-state index contributed by atoms with van der Waals surface area (Å²) < 4.78 is 0.885. The van der Waals surface area contributed by atoms with Crippen molar-refractivity contribution in [3.05, 3.63) is 40.4 Å². The van der Waals surface area contributed by atoms with Crippen LogP contribution in [0.4, 0.5) is 5.69 Å². The number of carbonyl (C=O) groups excluding carboxylic acids is 2. The second kappa shape index (κ2) is 8.73. The van der Waals surface area contributed by atoms with Gasteiger partial charge in [-0.2, -0.15) is 0 Å². The van der Waals surface area contributed by atoms with Crippen LogP contribution in [0.1, 0.15) is 38.5 Å². The van der Waals surface area contributed by atoms with Gasteiger partial charge in [-0.15, -0.1) is 0 Å². The lowest BCUT2D eigenvalue weighted by molar-refractivity contribution is -0.126. The number of hydrogen-bond acceptors (Lipinski definition) is 2. The van der Waals surface area contributed by atoms with Crippen molar-refractivity contribution >= 4 is 33.4 Å². The number of carbonyl (C=O) groups is 2. The summed E-state index contributed by atoms with van der Waals surface area (Å²) in [4.78, 5) is 23.6. The number of rotatable bonds is 6. The largest absolute Gasteiger partial charge is 0.355 e. The highest BCUT2D eigenvalue weighted by atomic mass is 79.9. The molecule has 5 heteroatoms. The van der Waals surface area contributed by atoms with Gasteiger partial charge in [0.25, 0.3) is 0 Å². The Morgan fingerprint density at radius 1 is 1.18 bits per heavy atom. The minimum Gasteiger partial charge on any atom is -0.355 e. The fourth-order valence-corrected chi connectivity index (χ4v) is 2.87. The van der Waals surface area contributed by atoms with Crippen molar-refractivity contribution in [3.63, 3.8) is 0 Å². The molecule has 4 nitrogen and oxygen atoms in total. The van der Waals surface area contributed by atoms with Crippen molar-refractivity contribution in [2.24, 2.45) is 0 Å². The molecule has 22 heavy (non-hydrogen) atoms. The van der Waals surface area contributed by atoms with Crippen LogP contribution in [-0.4, -0.2) is 18.4 Å². The summed E-state index contributed by atoms with van der Waals surface area (Å²) in [6, 6.07) is 7.29. The molecule has 2 rings (SSSR count). The van der Waals surface area contributed by atoms with Crippen LogP contribution in [-0.2, 0) is 9.59 Å². The van der Waals surface area contributed by atoms with E-state index in [9.17, 15) is 9.59 Å². The molecule has 0 aromatic heterocycles. The lowest BCUT2D eigenvalue weighted by Gasteiger charge is -2.13. The third-order valence-electron chi connectivity index (χ3n) is 3.58. The van der Waals surface area contributed by atoms with Gasteiger partial charge in [0, 0.05) is 16.7 Å². The Morgan fingerprint density at radius 2 is 2.05 bits per heavy atom. The minimum absolute atomic E-state index is 0.147. The van der Waals surface area contributed by atoms with Gasteiger partial charge in [0.1, 0.15) is 6.42 Å². The summed E-state index contributed by atoms with van der Waals surface area (Å²) >= 11 is 3.34. The van der Waals surface area contributed by atoms with Crippen molar-refractivity contribution in [2.75, 3.05) is 11.9 Å². The van der Waals surface area contributed by atoms with Crippen molar-refractivity contribution in [2.45, 2.75) is 38.5 Å². The van der Waals surface area contributed by atoms with E-state index < -0.39 is 0 Å². The molecule has 0 spiro atoms. The first kappa shape index (κ1) is 16.7. The van der Waals surface area contributed by atoms with Crippen molar-refractivity contribution in [3.8, 4) is 0 Å². The molecule has 0 unspecified atom stereocenters. The third kappa shape index (κ3) is 6.02. The summed E-state index contributed by atoms with van der Waals surface area (Å²) in [5.74, 6) is -0.531. The van der Waals surface area contributed by atoms with Gasteiger partial charge in [-0.25, -0.2) is 0 Å². The number of allylic oxidation sites excluding steroid dienone is 1. The van der Waals surface area contributed by atoms with Gasteiger partial charge in [-0.05, 0) is 50.3 Å². The van der Waals surface area contributed by atoms with Crippen molar-refractivity contribution < 1.29 is 9.59 Å². The molecule has 1 aromatic carbocycles. The van der Waals surface area contributed by atoms with Crippen LogP contribution in [0.15, 0.2) is 40.4 Å². The highest BCUT2D eigenvalue weighted by Crippen LogP contribution is 2.19. The molecule has 0 atom stereocenters. The van der Waals surface area contributed by atoms with Crippen molar-refractivity contribution in [1.29, 1.82) is 0 Å². The summed E-state index contributed by atoms with van der Waals surface area (Å²) in [5.41, 5.74) is 2.10. The molecule has 0 aliphatic heterocycles. The van der Waals surface area contributed by atoms with E-state index in [1.807, 2.05) is 12.1 Å². The smallest absolute Gasteiger partial charge is 0.233 e. The second-order valence-corrected chi connectivity index (χ2v) is 6.36. The fraction of sp³-hybridized carbons (Fsp3) is 0.412. The summed E-state index contributed by atoms with van der Waals surface area (Å²) in [6.45, 7) is 0.606. The quantitative estimate of drug-likeness (QED) is 0.595. The number of nitrogens with one attached hydrogen (secondary N) is 2. The van der Waals surface area contributed by atoms with E-state index in [1.165, 1.54) is 18.4 Å². The SMILES string of the molecule is O=C(CC(=O)Nc1cccc(Br)c1)NCCC1=CCCCC1. The number of benzene rings is 1. The molecule has 0 saturated carbocycles. The first-order valence-electron chi connectivity index (χ1n) is 7.63. The molecular weight excluding hydrogens is 344 g/mol. The van der Waals surface area contributed by atoms with Crippen LogP contribution in [0.25, 0.3) is 0 Å². The van der Waals surface area contributed by atoms with Crippen LogP contribution in [0.3, 0.4) is 0 Å². The topological polar surface area (TPSA) is 58.2 Å². The van der Waals surface area contributed by atoms with Crippen LogP contribution in [0.5, 0.6) is 0 Å². The Hall–Kier alpha value is -1.62. The Kier molecular flexibility index (Phi) is 6.65. The van der Waals surface area contributed by atoms with Gasteiger partial charge >= 0.3 is 0 Å². The van der Waals surface area contributed by atoms with Gasteiger partial charge in [-0.1, -0.05) is 33.6 Å². The maximum Gasteiger partial charge on any atom is 0.233 e. The Balaban J connectivity index is 1.67. The predicted octanol–water partition coefficient (Wildman–Crippen LogP) is 3.78. The Morgan fingerprint density at radius 3 is 2.77 bits per heavy atom. The monoisotopic (exact) mass is 364 g/mol. The molecule has 118 valence electrons. The third-order valence-corrected chi connectivity index (χ3v) is 4.08.